The molecular formula is C52H34N2. The SMILES string of the molecule is c1ccc(-c2nc(-c3ccccc3C3(c4ccccc4)c4ccccc4C4(c5ccccc5)c5ccccc5-c5cccc3c54)nc3ccccc23)cc1. The fourth-order valence-electron chi connectivity index (χ4n) is 9.84. The fraction of sp³-hybridized carbons (Fsp3) is 0.0385. The van der Waals surface area contributed by atoms with Crippen LogP contribution < -0.4 is 0 Å². The van der Waals surface area contributed by atoms with Gasteiger partial charge in [0.1, 0.15) is 0 Å². The zero-order valence-electron chi connectivity index (χ0n) is 29.5. The van der Waals surface area contributed by atoms with Crippen LogP contribution in [0.25, 0.3) is 44.7 Å². The second kappa shape index (κ2) is 11.8. The summed E-state index contributed by atoms with van der Waals surface area (Å²) in [6, 6.07) is 75.2. The molecule has 2 nitrogen and oxygen atoms in total. The topological polar surface area (TPSA) is 25.8 Å². The molecular weight excluding hydrogens is 653 g/mol. The minimum absolute atomic E-state index is 0.506. The molecule has 0 bridgehead atoms. The van der Waals surface area contributed by atoms with E-state index in [1.54, 1.807) is 0 Å². The number of para-hydroxylation sites is 1. The van der Waals surface area contributed by atoms with Gasteiger partial charge in [-0.1, -0.05) is 200 Å². The van der Waals surface area contributed by atoms with Crippen molar-refractivity contribution in [1.29, 1.82) is 0 Å². The van der Waals surface area contributed by atoms with Gasteiger partial charge in [-0.25, -0.2) is 9.97 Å². The summed E-state index contributed by atoms with van der Waals surface area (Å²) in [6.45, 7) is 0. The third kappa shape index (κ3) is 4.05. The van der Waals surface area contributed by atoms with Crippen molar-refractivity contribution in [2.75, 3.05) is 0 Å². The number of hydrogen-bond donors (Lipinski definition) is 0. The third-order valence-corrected chi connectivity index (χ3v) is 11.8. The largest absolute Gasteiger partial charge is 0.228 e. The first-order valence-electron chi connectivity index (χ1n) is 18.7. The standard InChI is InChI=1S/C52H34N2/c1-4-19-35(20-5-1)49-41-27-12-17-34-47(41)53-50(54-49)40-26-11-14-30-43(40)51(36-21-6-2-7-22-36)44-31-15-16-32-45(44)52(37-23-8-3-9-24-37)42-29-13-10-25-38(42)39-28-18-33-46(51)48(39)52/h1-34H. The molecule has 0 saturated carbocycles. The van der Waals surface area contributed by atoms with Crippen molar-refractivity contribution < 1.29 is 0 Å². The van der Waals surface area contributed by atoms with E-state index in [1.165, 1.54) is 50.1 Å². The number of benzene rings is 8. The molecule has 54 heavy (non-hydrogen) atoms. The second-order valence-electron chi connectivity index (χ2n) is 14.4. The van der Waals surface area contributed by atoms with Crippen LogP contribution in [0.3, 0.4) is 0 Å². The van der Waals surface area contributed by atoms with Gasteiger partial charge >= 0.3 is 0 Å². The fourth-order valence-corrected chi connectivity index (χ4v) is 9.84. The lowest BCUT2D eigenvalue weighted by atomic mass is 9.51. The highest BCUT2D eigenvalue weighted by Gasteiger charge is 2.57. The van der Waals surface area contributed by atoms with Crippen LogP contribution in [0.15, 0.2) is 206 Å². The molecule has 0 aliphatic heterocycles. The lowest BCUT2D eigenvalue weighted by Gasteiger charge is -2.50. The first-order chi connectivity index (χ1) is 26.8. The van der Waals surface area contributed by atoms with Crippen LogP contribution in [-0.2, 0) is 10.8 Å². The summed E-state index contributed by atoms with van der Waals surface area (Å²) < 4.78 is 0. The molecule has 252 valence electrons. The van der Waals surface area contributed by atoms with Crippen LogP contribution in [0.2, 0.25) is 0 Å². The molecule has 2 unspecified atom stereocenters. The van der Waals surface area contributed by atoms with Crippen molar-refractivity contribution in [1.82, 2.24) is 9.97 Å². The lowest BCUT2D eigenvalue weighted by molar-refractivity contribution is 0.627. The molecule has 0 radical (unpaired) electrons. The molecule has 1 heterocycles. The molecule has 0 saturated heterocycles. The summed E-state index contributed by atoms with van der Waals surface area (Å²) >= 11 is 0. The summed E-state index contributed by atoms with van der Waals surface area (Å²) in [7, 11) is 0. The maximum absolute atomic E-state index is 5.46. The van der Waals surface area contributed by atoms with Gasteiger partial charge in [0, 0.05) is 16.5 Å². The van der Waals surface area contributed by atoms with Crippen LogP contribution in [0, 0.1) is 0 Å². The predicted octanol–water partition coefficient (Wildman–Crippen LogP) is 12.0. The maximum Gasteiger partial charge on any atom is 0.160 e. The van der Waals surface area contributed by atoms with Crippen molar-refractivity contribution in [3.63, 3.8) is 0 Å². The molecule has 2 aliphatic rings. The number of fused-ring (bicyclic) bond motifs is 6. The van der Waals surface area contributed by atoms with Crippen LogP contribution in [0.1, 0.15) is 44.5 Å². The van der Waals surface area contributed by atoms with E-state index in [9.17, 15) is 0 Å². The highest BCUT2D eigenvalue weighted by Crippen LogP contribution is 2.66. The molecule has 2 aliphatic carbocycles. The van der Waals surface area contributed by atoms with Crippen LogP contribution in [0.5, 0.6) is 0 Å². The summed E-state index contributed by atoms with van der Waals surface area (Å²) in [5.74, 6) is 0.715. The molecule has 1 aromatic heterocycles. The average Bonchev–Trinajstić information content (AvgIpc) is 3.57. The van der Waals surface area contributed by atoms with Gasteiger partial charge in [-0.05, 0) is 61.7 Å². The Morgan fingerprint density at radius 1 is 0.315 bits per heavy atom. The summed E-state index contributed by atoms with van der Waals surface area (Å²) in [5, 5.41) is 1.04. The Hall–Kier alpha value is -6.90. The average molecular weight is 687 g/mol. The first-order valence-corrected chi connectivity index (χ1v) is 18.7. The number of hydrogen-bond acceptors (Lipinski definition) is 2. The van der Waals surface area contributed by atoms with Gasteiger partial charge in [0.15, 0.2) is 5.82 Å². The zero-order valence-corrected chi connectivity index (χ0v) is 29.5. The molecule has 2 heteroatoms. The second-order valence-corrected chi connectivity index (χ2v) is 14.4. The van der Waals surface area contributed by atoms with Crippen molar-refractivity contribution in [2.45, 2.75) is 10.8 Å². The van der Waals surface area contributed by atoms with E-state index in [0.29, 0.717) is 5.82 Å². The Kier molecular flexibility index (Phi) is 6.72. The van der Waals surface area contributed by atoms with E-state index in [-0.39, 0.29) is 0 Å². The van der Waals surface area contributed by atoms with Gasteiger partial charge in [0.2, 0.25) is 0 Å². The number of rotatable bonds is 5. The minimum Gasteiger partial charge on any atom is -0.228 e. The van der Waals surface area contributed by atoms with Crippen LogP contribution >= 0.6 is 0 Å². The Morgan fingerprint density at radius 2 is 0.796 bits per heavy atom. The van der Waals surface area contributed by atoms with Gasteiger partial charge in [0.25, 0.3) is 0 Å². The van der Waals surface area contributed by atoms with E-state index >= 15 is 0 Å². The van der Waals surface area contributed by atoms with Gasteiger partial charge in [-0.15, -0.1) is 0 Å². The lowest BCUT2D eigenvalue weighted by Crippen LogP contribution is -2.44. The molecule has 2 atom stereocenters. The van der Waals surface area contributed by atoms with Crippen LogP contribution in [-0.4, -0.2) is 9.97 Å². The van der Waals surface area contributed by atoms with E-state index in [4.69, 9.17) is 9.97 Å². The van der Waals surface area contributed by atoms with Crippen LogP contribution in [0.4, 0.5) is 0 Å². The smallest absolute Gasteiger partial charge is 0.160 e. The third-order valence-electron chi connectivity index (χ3n) is 11.8. The number of aromatic nitrogens is 2. The molecule has 0 N–H and O–H groups in total. The molecule has 0 amide bonds. The number of nitrogens with zero attached hydrogens (tertiary/aromatic N) is 2. The Balaban J connectivity index is 1.31. The van der Waals surface area contributed by atoms with Crippen molar-refractivity contribution in [3.8, 4) is 33.8 Å². The maximum atomic E-state index is 5.46. The highest BCUT2D eigenvalue weighted by atomic mass is 14.9. The highest BCUT2D eigenvalue weighted by molar-refractivity contribution is 5.95. The summed E-state index contributed by atoms with van der Waals surface area (Å²) in [6.07, 6.45) is 0. The van der Waals surface area contributed by atoms with Gasteiger partial charge in [0.05, 0.1) is 22.0 Å². The van der Waals surface area contributed by atoms with E-state index in [2.05, 4.69) is 206 Å². The Bertz CT molecular complexity index is 2880. The zero-order chi connectivity index (χ0) is 35.7. The Labute approximate surface area is 315 Å². The monoisotopic (exact) mass is 686 g/mol. The Morgan fingerprint density at radius 3 is 1.50 bits per heavy atom. The normalized spacial score (nSPS) is 17.8. The summed E-state index contributed by atoms with van der Waals surface area (Å²) in [5.41, 5.74) is 15.4. The molecule has 8 aromatic carbocycles. The quantitative estimate of drug-likeness (QED) is 0.180. The molecule has 0 spiro atoms. The molecule has 9 aromatic rings. The van der Waals surface area contributed by atoms with E-state index < -0.39 is 10.8 Å². The van der Waals surface area contributed by atoms with Crippen molar-refractivity contribution in [3.05, 3.63) is 251 Å². The minimum atomic E-state index is -0.706. The van der Waals surface area contributed by atoms with E-state index in [1.807, 2.05) is 0 Å². The molecule has 0 fully saturated rings. The van der Waals surface area contributed by atoms with Gasteiger partial charge in [-0.3, -0.25) is 0 Å². The van der Waals surface area contributed by atoms with Gasteiger partial charge < -0.3 is 0 Å². The predicted molar refractivity (Wildman–Crippen MR) is 220 cm³/mol. The van der Waals surface area contributed by atoms with Crippen molar-refractivity contribution >= 4 is 10.9 Å². The van der Waals surface area contributed by atoms with Gasteiger partial charge in [-0.2, -0.15) is 0 Å². The first kappa shape index (κ1) is 30.7. The van der Waals surface area contributed by atoms with E-state index in [0.717, 1.165) is 33.3 Å². The molecule has 11 rings (SSSR count). The van der Waals surface area contributed by atoms with Crippen molar-refractivity contribution in [2.24, 2.45) is 0 Å². The summed E-state index contributed by atoms with van der Waals surface area (Å²) in [4.78, 5) is 10.8.